The van der Waals surface area contributed by atoms with Gasteiger partial charge in [-0.1, -0.05) is 16.8 Å². The zero-order chi connectivity index (χ0) is 14.3. The van der Waals surface area contributed by atoms with E-state index >= 15 is 0 Å². The van der Waals surface area contributed by atoms with Crippen LogP contribution in [0.15, 0.2) is 23.4 Å². The van der Waals surface area contributed by atoms with Gasteiger partial charge in [0.15, 0.2) is 5.84 Å². The Labute approximate surface area is 117 Å². The van der Waals surface area contributed by atoms with Crippen LogP contribution in [0.5, 0.6) is 0 Å². The molecule has 1 aromatic carbocycles. The predicted molar refractivity (Wildman–Crippen MR) is 75.1 cm³/mol. The molecule has 0 heterocycles. The Morgan fingerprint density at radius 2 is 2.21 bits per heavy atom. The Morgan fingerprint density at radius 1 is 1.47 bits per heavy atom. The van der Waals surface area contributed by atoms with Crippen molar-refractivity contribution in [2.45, 2.75) is 0 Å². The number of amidine groups is 1. The van der Waals surface area contributed by atoms with E-state index in [1.165, 1.54) is 0 Å². The molecule has 0 bridgehead atoms. The van der Waals surface area contributed by atoms with Crippen molar-refractivity contribution < 1.29 is 15.1 Å². The first-order chi connectivity index (χ1) is 9.13. The van der Waals surface area contributed by atoms with Gasteiger partial charge in [0.2, 0.25) is 0 Å². The van der Waals surface area contributed by atoms with Crippen molar-refractivity contribution in [3.63, 3.8) is 0 Å². The van der Waals surface area contributed by atoms with Crippen LogP contribution in [0, 0.1) is 0 Å². The summed E-state index contributed by atoms with van der Waals surface area (Å²) in [5, 5.41) is 21.4. The van der Waals surface area contributed by atoms with Crippen molar-refractivity contribution in [3.8, 4) is 0 Å². The average molecular weight is 288 g/mol. The lowest BCUT2D eigenvalue weighted by atomic mass is 10.1. The van der Waals surface area contributed by atoms with Gasteiger partial charge < -0.3 is 25.7 Å². The number of aliphatic hydroxyl groups excluding tert-OH is 1. The van der Waals surface area contributed by atoms with Crippen LogP contribution in [0.3, 0.4) is 0 Å². The Kier molecular flexibility index (Phi) is 6.41. The van der Waals surface area contributed by atoms with Gasteiger partial charge in [-0.25, -0.2) is 0 Å². The summed E-state index contributed by atoms with van der Waals surface area (Å²) in [5.41, 5.74) is 6.89. The molecule has 0 fully saturated rings. The second-order valence-electron chi connectivity index (χ2n) is 3.85. The van der Waals surface area contributed by atoms with Gasteiger partial charge in [-0.2, -0.15) is 0 Å². The van der Waals surface area contributed by atoms with Crippen LogP contribution in [0.2, 0.25) is 5.02 Å². The predicted octanol–water partition coefficient (Wildman–Crippen LogP) is 0.880. The lowest BCUT2D eigenvalue weighted by Crippen LogP contribution is -2.32. The Morgan fingerprint density at radius 3 is 2.79 bits per heavy atom. The molecule has 0 aliphatic rings. The molecule has 0 saturated heterocycles. The van der Waals surface area contributed by atoms with E-state index in [2.05, 4.69) is 5.16 Å². The fourth-order valence-corrected chi connectivity index (χ4v) is 1.89. The highest BCUT2D eigenvalue weighted by Crippen LogP contribution is 2.24. The number of benzene rings is 1. The molecule has 0 amide bonds. The maximum Gasteiger partial charge on any atom is 0.172 e. The molecule has 0 unspecified atom stereocenters. The summed E-state index contributed by atoms with van der Waals surface area (Å²) in [5.74, 6) is -0.0298. The van der Waals surface area contributed by atoms with E-state index in [-0.39, 0.29) is 12.4 Å². The molecule has 0 saturated carbocycles. The standard InChI is InChI=1S/C12H18ClN3O3/c1-19-7-5-16(4-6-17)11-3-2-9(13)8-10(11)12(14)15-18/h2-3,8,17-18H,4-7H2,1H3,(H2,14,15). The number of anilines is 1. The van der Waals surface area contributed by atoms with E-state index in [9.17, 15) is 0 Å². The average Bonchev–Trinajstić information content (AvgIpc) is 2.42. The minimum atomic E-state index is -0.0298. The number of halogens is 1. The van der Waals surface area contributed by atoms with Crippen LogP contribution in [0.1, 0.15) is 5.56 Å². The first-order valence-corrected chi connectivity index (χ1v) is 6.14. The van der Waals surface area contributed by atoms with Crippen LogP contribution in [0.4, 0.5) is 5.69 Å². The van der Waals surface area contributed by atoms with E-state index in [1.807, 2.05) is 4.90 Å². The van der Waals surface area contributed by atoms with Gasteiger partial charge in [0.25, 0.3) is 0 Å². The maximum absolute atomic E-state index is 9.12. The Bertz CT molecular complexity index is 440. The smallest absolute Gasteiger partial charge is 0.172 e. The minimum absolute atomic E-state index is 0.0120. The number of rotatable bonds is 7. The van der Waals surface area contributed by atoms with Crippen LogP contribution in [-0.2, 0) is 4.74 Å². The molecule has 0 aliphatic carbocycles. The molecular formula is C12H18ClN3O3. The summed E-state index contributed by atoms with van der Waals surface area (Å²) in [4.78, 5) is 1.88. The third-order valence-corrected chi connectivity index (χ3v) is 2.85. The number of nitrogens with zero attached hydrogens (tertiary/aromatic N) is 2. The van der Waals surface area contributed by atoms with Crippen molar-refractivity contribution >= 4 is 23.1 Å². The summed E-state index contributed by atoms with van der Waals surface area (Å²) in [6.07, 6.45) is 0. The molecule has 6 nitrogen and oxygen atoms in total. The molecule has 106 valence electrons. The van der Waals surface area contributed by atoms with Crippen molar-refractivity contribution in [2.24, 2.45) is 10.9 Å². The van der Waals surface area contributed by atoms with E-state index < -0.39 is 0 Å². The third-order valence-electron chi connectivity index (χ3n) is 2.62. The van der Waals surface area contributed by atoms with E-state index in [0.717, 1.165) is 5.69 Å². The zero-order valence-electron chi connectivity index (χ0n) is 10.7. The first kappa shape index (κ1) is 15.6. The molecule has 0 aromatic heterocycles. The maximum atomic E-state index is 9.12. The highest BCUT2D eigenvalue weighted by molar-refractivity contribution is 6.31. The second kappa shape index (κ2) is 7.83. The summed E-state index contributed by atoms with van der Waals surface area (Å²) in [7, 11) is 1.60. The second-order valence-corrected chi connectivity index (χ2v) is 4.29. The lowest BCUT2D eigenvalue weighted by Gasteiger charge is -2.26. The molecule has 0 spiro atoms. The van der Waals surface area contributed by atoms with Crippen molar-refractivity contribution in [1.29, 1.82) is 0 Å². The fourth-order valence-electron chi connectivity index (χ4n) is 1.72. The summed E-state index contributed by atoms with van der Waals surface area (Å²) in [6, 6.07) is 5.09. The van der Waals surface area contributed by atoms with Gasteiger partial charge in [-0.15, -0.1) is 0 Å². The molecular weight excluding hydrogens is 270 g/mol. The molecule has 0 atom stereocenters. The Balaban J connectivity index is 3.13. The first-order valence-electron chi connectivity index (χ1n) is 5.76. The number of hydrogen-bond acceptors (Lipinski definition) is 5. The van der Waals surface area contributed by atoms with Gasteiger partial charge >= 0.3 is 0 Å². The summed E-state index contributed by atoms with van der Waals surface area (Å²) < 4.78 is 5.03. The summed E-state index contributed by atoms with van der Waals surface area (Å²) in [6.45, 7) is 1.47. The van der Waals surface area contributed by atoms with Crippen molar-refractivity contribution in [3.05, 3.63) is 28.8 Å². The number of hydrogen-bond donors (Lipinski definition) is 3. The van der Waals surface area contributed by atoms with Gasteiger partial charge in [0.05, 0.1) is 13.2 Å². The molecule has 7 heteroatoms. The molecule has 0 aliphatic heterocycles. The molecule has 1 rings (SSSR count). The normalized spacial score (nSPS) is 11.6. The molecule has 19 heavy (non-hydrogen) atoms. The largest absolute Gasteiger partial charge is 0.409 e. The fraction of sp³-hybridized carbons (Fsp3) is 0.417. The molecule has 0 radical (unpaired) electrons. The number of nitrogens with two attached hydrogens (primary N) is 1. The highest BCUT2D eigenvalue weighted by atomic mass is 35.5. The third kappa shape index (κ3) is 4.27. The monoisotopic (exact) mass is 287 g/mol. The van der Waals surface area contributed by atoms with E-state index in [1.54, 1.807) is 25.3 Å². The van der Waals surface area contributed by atoms with Crippen molar-refractivity contribution in [2.75, 3.05) is 38.3 Å². The minimum Gasteiger partial charge on any atom is -0.409 e. The highest BCUT2D eigenvalue weighted by Gasteiger charge is 2.14. The Hall–Kier alpha value is -1.50. The van der Waals surface area contributed by atoms with Crippen molar-refractivity contribution in [1.82, 2.24) is 0 Å². The van der Waals surface area contributed by atoms with Crippen LogP contribution >= 0.6 is 11.6 Å². The number of ether oxygens (including phenoxy) is 1. The van der Waals surface area contributed by atoms with Crippen LogP contribution in [-0.4, -0.2) is 49.6 Å². The molecule has 1 aromatic rings. The zero-order valence-corrected chi connectivity index (χ0v) is 11.5. The van der Waals surface area contributed by atoms with Gasteiger partial charge in [-0.3, -0.25) is 0 Å². The van der Waals surface area contributed by atoms with E-state index in [0.29, 0.717) is 30.3 Å². The number of methoxy groups -OCH3 is 1. The van der Waals surface area contributed by atoms with Crippen LogP contribution < -0.4 is 10.6 Å². The van der Waals surface area contributed by atoms with Crippen LogP contribution in [0.25, 0.3) is 0 Å². The lowest BCUT2D eigenvalue weighted by molar-refractivity contribution is 0.203. The number of oxime groups is 1. The van der Waals surface area contributed by atoms with E-state index in [4.69, 9.17) is 32.4 Å². The van der Waals surface area contributed by atoms with Gasteiger partial charge in [-0.05, 0) is 18.2 Å². The molecule has 4 N–H and O–H groups in total. The van der Waals surface area contributed by atoms with Gasteiger partial charge in [0, 0.05) is 36.5 Å². The quantitative estimate of drug-likeness (QED) is 0.300. The van der Waals surface area contributed by atoms with Gasteiger partial charge in [0.1, 0.15) is 0 Å². The summed E-state index contributed by atoms with van der Waals surface area (Å²) >= 11 is 5.92. The number of aliphatic hydroxyl groups is 1. The SMILES string of the molecule is COCCN(CCO)c1ccc(Cl)cc1/C(N)=N/O. The topological polar surface area (TPSA) is 91.3 Å².